The van der Waals surface area contributed by atoms with Gasteiger partial charge in [0, 0.05) is 24.3 Å². The van der Waals surface area contributed by atoms with Crippen molar-refractivity contribution in [2.45, 2.75) is 20.3 Å². The molecule has 1 aliphatic heterocycles. The molecule has 0 unspecified atom stereocenters. The summed E-state index contributed by atoms with van der Waals surface area (Å²) in [6, 6.07) is 16.6. The van der Waals surface area contributed by atoms with E-state index in [0.29, 0.717) is 30.1 Å². The first-order chi connectivity index (χ1) is 13.0. The maximum Gasteiger partial charge on any atom is 0.254 e. The summed E-state index contributed by atoms with van der Waals surface area (Å²) in [5.74, 6) is 0.342. The van der Waals surface area contributed by atoms with E-state index in [1.165, 1.54) is 5.56 Å². The molecule has 0 saturated carbocycles. The molecule has 0 atom stereocenters. The van der Waals surface area contributed by atoms with Gasteiger partial charge in [0.15, 0.2) is 0 Å². The molecule has 2 amide bonds. The summed E-state index contributed by atoms with van der Waals surface area (Å²) in [7, 11) is 0. The second kappa shape index (κ2) is 8.05. The third-order valence-electron chi connectivity index (χ3n) is 4.66. The highest BCUT2D eigenvalue weighted by atomic mass is 16.2. The van der Waals surface area contributed by atoms with Gasteiger partial charge >= 0.3 is 0 Å². The molecule has 0 aromatic heterocycles. The molecule has 2 aromatic carbocycles. The van der Waals surface area contributed by atoms with E-state index in [9.17, 15) is 9.59 Å². The summed E-state index contributed by atoms with van der Waals surface area (Å²) < 4.78 is 0. The first-order valence-corrected chi connectivity index (χ1v) is 9.16. The Morgan fingerprint density at radius 2 is 1.74 bits per heavy atom. The highest BCUT2D eigenvalue weighted by Gasteiger charge is 2.28. The molecule has 0 spiro atoms. The zero-order valence-electron chi connectivity index (χ0n) is 15.7. The van der Waals surface area contributed by atoms with Crippen molar-refractivity contribution in [3.8, 4) is 6.07 Å². The number of amides is 2. The Balaban J connectivity index is 1.65. The van der Waals surface area contributed by atoms with Gasteiger partial charge in [0.05, 0.1) is 11.6 Å². The number of hydrogen-bond acceptors (Lipinski definition) is 3. The van der Waals surface area contributed by atoms with Crippen LogP contribution in [-0.2, 0) is 11.2 Å². The molecule has 1 aliphatic rings. The first kappa shape index (κ1) is 18.7. The lowest BCUT2D eigenvalue weighted by Crippen LogP contribution is -2.52. The number of carbonyl (C=O) groups is 2. The fraction of sp³-hybridized carbons (Fsp3) is 0.318. The number of piperazine rings is 1. The maximum atomic E-state index is 12.7. The number of carbonyl (C=O) groups excluding carboxylic acids is 2. The van der Waals surface area contributed by atoms with Gasteiger partial charge < -0.3 is 9.80 Å². The summed E-state index contributed by atoms with van der Waals surface area (Å²) in [5.41, 5.74) is 3.13. The molecule has 0 N–H and O–H groups in total. The van der Waals surface area contributed by atoms with Gasteiger partial charge in [-0.25, -0.2) is 0 Å². The van der Waals surface area contributed by atoms with Crippen molar-refractivity contribution in [1.82, 2.24) is 4.90 Å². The van der Waals surface area contributed by atoms with Crippen LogP contribution in [-0.4, -0.2) is 36.3 Å². The van der Waals surface area contributed by atoms with Crippen LogP contribution in [0.4, 0.5) is 5.69 Å². The molecule has 0 bridgehead atoms. The van der Waals surface area contributed by atoms with Gasteiger partial charge in [-0.15, -0.1) is 0 Å². The summed E-state index contributed by atoms with van der Waals surface area (Å²) in [4.78, 5) is 28.5. The molecule has 0 radical (unpaired) electrons. The van der Waals surface area contributed by atoms with E-state index in [1.807, 2.05) is 24.3 Å². The van der Waals surface area contributed by atoms with Gasteiger partial charge in [0.1, 0.15) is 6.54 Å². The first-order valence-electron chi connectivity index (χ1n) is 9.16. The molecule has 5 heteroatoms. The zero-order valence-corrected chi connectivity index (χ0v) is 15.7. The van der Waals surface area contributed by atoms with Crippen molar-refractivity contribution < 1.29 is 9.59 Å². The van der Waals surface area contributed by atoms with Gasteiger partial charge in [-0.3, -0.25) is 9.59 Å². The van der Waals surface area contributed by atoms with E-state index in [2.05, 4.69) is 19.9 Å². The lowest BCUT2D eigenvalue weighted by Gasteiger charge is -2.34. The Morgan fingerprint density at radius 3 is 2.30 bits per heavy atom. The van der Waals surface area contributed by atoms with Crippen LogP contribution >= 0.6 is 0 Å². The summed E-state index contributed by atoms with van der Waals surface area (Å²) in [6.07, 6.45) is 0.982. The SMILES string of the molecule is CC(C)Cc1ccc(C(=O)N2CCN(c3ccc(C#N)cc3)C(=O)C2)cc1. The predicted octanol–water partition coefficient (Wildman–Crippen LogP) is 3.25. The van der Waals surface area contributed by atoms with Gasteiger partial charge in [-0.1, -0.05) is 26.0 Å². The molecular formula is C22H23N3O2. The lowest BCUT2D eigenvalue weighted by atomic mass is 10.0. The van der Waals surface area contributed by atoms with Gasteiger partial charge in [-0.2, -0.15) is 5.26 Å². The van der Waals surface area contributed by atoms with Crippen molar-refractivity contribution in [3.05, 3.63) is 65.2 Å². The molecule has 1 fully saturated rings. The molecule has 138 valence electrons. The van der Waals surface area contributed by atoms with E-state index < -0.39 is 0 Å². The number of nitrogens with zero attached hydrogens (tertiary/aromatic N) is 3. The van der Waals surface area contributed by atoms with Crippen LogP contribution in [0.1, 0.15) is 35.3 Å². The van der Waals surface area contributed by atoms with E-state index in [-0.39, 0.29) is 18.4 Å². The normalized spacial score (nSPS) is 14.4. The lowest BCUT2D eigenvalue weighted by molar-refractivity contribution is -0.120. The number of rotatable bonds is 4. The van der Waals surface area contributed by atoms with E-state index in [1.54, 1.807) is 34.1 Å². The third-order valence-corrected chi connectivity index (χ3v) is 4.66. The molecule has 1 saturated heterocycles. The van der Waals surface area contributed by atoms with Gasteiger partial charge in [-0.05, 0) is 54.3 Å². The number of hydrogen-bond donors (Lipinski definition) is 0. The number of benzene rings is 2. The van der Waals surface area contributed by atoms with Crippen molar-refractivity contribution in [2.24, 2.45) is 5.92 Å². The van der Waals surface area contributed by atoms with Crippen molar-refractivity contribution in [1.29, 1.82) is 5.26 Å². The smallest absolute Gasteiger partial charge is 0.254 e. The minimum absolute atomic E-state index is 0.0621. The zero-order chi connectivity index (χ0) is 19.4. The Hall–Kier alpha value is -3.13. The van der Waals surface area contributed by atoms with Crippen LogP contribution in [0, 0.1) is 17.2 Å². The second-order valence-electron chi connectivity index (χ2n) is 7.23. The quantitative estimate of drug-likeness (QED) is 0.840. The largest absolute Gasteiger partial charge is 0.328 e. The van der Waals surface area contributed by atoms with Crippen LogP contribution in [0.3, 0.4) is 0 Å². The molecule has 3 rings (SSSR count). The highest BCUT2D eigenvalue weighted by Crippen LogP contribution is 2.19. The Bertz CT molecular complexity index is 864. The Morgan fingerprint density at radius 1 is 1.07 bits per heavy atom. The van der Waals surface area contributed by atoms with Crippen LogP contribution in [0.2, 0.25) is 0 Å². The van der Waals surface area contributed by atoms with Crippen molar-refractivity contribution in [3.63, 3.8) is 0 Å². The number of nitriles is 1. The molecule has 5 nitrogen and oxygen atoms in total. The van der Waals surface area contributed by atoms with Gasteiger partial charge in [0.25, 0.3) is 5.91 Å². The fourth-order valence-corrected chi connectivity index (χ4v) is 3.27. The second-order valence-corrected chi connectivity index (χ2v) is 7.23. The van der Waals surface area contributed by atoms with Crippen LogP contribution in [0.25, 0.3) is 0 Å². The third kappa shape index (κ3) is 4.35. The summed E-state index contributed by atoms with van der Waals surface area (Å²) in [6.45, 7) is 5.32. The maximum absolute atomic E-state index is 12.7. The van der Waals surface area contributed by atoms with Crippen LogP contribution in [0.5, 0.6) is 0 Å². The minimum atomic E-state index is -0.115. The average Bonchev–Trinajstić information content (AvgIpc) is 2.67. The van der Waals surface area contributed by atoms with E-state index in [0.717, 1.165) is 12.1 Å². The molecule has 2 aromatic rings. The van der Waals surface area contributed by atoms with Crippen molar-refractivity contribution in [2.75, 3.05) is 24.5 Å². The average molecular weight is 361 g/mol. The molecule has 27 heavy (non-hydrogen) atoms. The topological polar surface area (TPSA) is 64.4 Å². The number of anilines is 1. The van der Waals surface area contributed by atoms with Crippen molar-refractivity contribution >= 4 is 17.5 Å². The Kier molecular flexibility index (Phi) is 5.56. The monoisotopic (exact) mass is 361 g/mol. The van der Waals surface area contributed by atoms with E-state index >= 15 is 0 Å². The van der Waals surface area contributed by atoms with Crippen LogP contribution in [0.15, 0.2) is 48.5 Å². The predicted molar refractivity (Wildman–Crippen MR) is 104 cm³/mol. The Labute approximate surface area is 159 Å². The highest BCUT2D eigenvalue weighted by molar-refractivity contribution is 6.01. The minimum Gasteiger partial charge on any atom is -0.328 e. The van der Waals surface area contributed by atoms with E-state index in [4.69, 9.17) is 5.26 Å². The fourth-order valence-electron chi connectivity index (χ4n) is 3.27. The van der Waals surface area contributed by atoms with Crippen LogP contribution < -0.4 is 4.90 Å². The standard InChI is InChI=1S/C22H23N3O2/c1-16(2)13-17-3-7-19(8-4-17)22(27)24-11-12-25(21(26)15-24)20-9-5-18(14-23)6-10-20/h3-10,16H,11-13,15H2,1-2H3. The molecular weight excluding hydrogens is 338 g/mol. The molecule has 1 heterocycles. The summed E-state index contributed by atoms with van der Waals surface area (Å²) in [5, 5.41) is 8.88. The molecule has 0 aliphatic carbocycles. The summed E-state index contributed by atoms with van der Waals surface area (Å²) >= 11 is 0. The van der Waals surface area contributed by atoms with Gasteiger partial charge in [0.2, 0.25) is 5.91 Å².